The Morgan fingerprint density at radius 1 is 1.21 bits per heavy atom. The van der Waals surface area contributed by atoms with Gasteiger partial charge in [-0.3, -0.25) is 4.39 Å². The maximum absolute atomic E-state index is 12.6. The van der Waals surface area contributed by atoms with Gasteiger partial charge in [0.2, 0.25) is 6.79 Å². The van der Waals surface area contributed by atoms with Crippen molar-refractivity contribution >= 4 is 11.8 Å². The van der Waals surface area contributed by atoms with Crippen LogP contribution in [0, 0.1) is 0 Å². The van der Waals surface area contributed by atoms with Crippen molar-refractivity contribution in [2.24, 2.45) is 0 Å². The fraction of sp³-hybridized carbons (Fsp3) is 0.391. The number of alkyl halides is 1. The summed E-state index contributed by atoms with van der Waals surface area (Å²) in [5.41, 5.74) is 5.85. The zero-order valence-corrected chi connectivity index (χ0v) is 16.7. The lowest BCUT2D eigenvalue weighted by atomic mass is 9.86. The van der Waals surface area contributed by atoms with Gasteiger partial charge >= 0.3 is 0 Å². The van der Waals surface area contributed by atoms with Gasteiger partial charge in [-0.05, 0) is 48.7 Å². The van der Waals surface area contributed by atoms with E-state index in [-0.39, 0.29) is 12.8 Å². The van der Waals surface area contributed by atoms with Gasteiger partial charge in [-0.1, -0.05) is 6.07 Å². The van der Waals surface area contributed by atoms with Gasteiger partial charge in [0.1, 0.15) is 0 Å². The Kier molecular flexibility index (Phi) is 4.49. The van der Waals surface area contributed by atoms with E-state index < -0.39 is 6.67 Å². The first-order valence-corrected chi connectivity index (χ1v) is 10.0. The number of ether oxygens (including phenoxy) is 4. The zero-order valence-electron chi connectivity index (χ0n) is 16.7. The minimum Gasteiger partial charge on any atom is -0.493 e. The van der Waals surface area contributed by atoms with Crippen LogP contribution < -0.4 is 18.9 Å². The lowest BCUT2D eigenvalue weighted by molar-refractivity contribution is 0.174. The van der Waals surface area contributed by atoms with E-state index in [1.807, 2.05) is 6.07 Å². The molecule has 0 bridgehead atoms. The van der Waals surface area contributed by atoms with Crippen molar-refractivity contribution in [1.82, 2.24) is 4.90 Å². The molecule has 3 heterocycles. The van der Waals surface area contributed by atoms with Crippen LogP contribution in [0.3, 0.4) is 0 Å². The molecule has 2 aromatic carbocycles. The minimum atomic E-state index is -0.393. The first kappa shape index (κ1) is 18.2. The Hall–Kier alpha value is -2.89. The molecule has 0 spiro atoms. The molecule has 0 aromatic heterocycles. The second kappa shape index (κ2) is 7.17. The smallest absolute Gasteiger partial charge is 0.231 e. The van der Waals surface area contributed by atoms with E-state index in [2.05, 4.69) is 36.1 Å². The standard InChI is InChI=1S/C23H24FNO4/c1-14-22-16(4-5-19(26-2)23(22)27-9-3-7-24)10-18-17-12-21-20(28-13-29-21)11-15(17)6-8-25(14)18/h4-5,10-12,14H,3,6-9,13H2,1-2H3/t14-/m1/s1. The number of rotatable bonds is 5. The lowest BCUT2D eigenvalue weighted by Crippen LogP contribution is -2.34. The number of hydrogen-bond acceptors (Lipinski definition) is 5. The van der Waals surface area contributed by atoms with Crippen LogP contribution in [0.5, 0.6) is 23.0 Å². The molecule has 0 N–H and O–H groups in total. The summed E-state index contributed by atoms with van der Waals surface area (Å²) in [6.07, 6.45) is 3.51. The molecule has 0 saturated heterocycles. The van der Waals surface area contributed by atoms with E-state index >= 15 is 0 Å². The summed E-state index contributed by atoms with van der Waals surface area (Å²) >= 11 is 0. The van der Waals surface area contributed by atoms with Gasteiger partial charge in [0.25, 0.3) is 0 Å². The highest BCUT2D eigenvalue weighted by Crippen LogP contribution is 2.49. The summed E-state index contributed by atoms with van der Waals surface area (Å²) in [7, 11) is 1.64. The second-order valence-corrected chi connectivity index (χ2v) is 7.50. The normalized spacial score (nSPS) is 18.5. The summed E-state index contributed by atoms with van der Waals surface area (Å²) in [4.78, 5) is 2.40. The topological polar surface area (TPSA) is 40.2 Å². The number of fused-ring (bicyclic) bond motifs is 5. The zero-order chi connectivity index (χ0) is 20.0. The van der Waals surface area contributed by atoms with Crippen LogP contribution in [0.4, 0.5) is 4.39 Å². The maximum atomic E-state index is 12.6. The molecule has 0 aliphatic carbocycles. The first-order chi connectivity index (χ1) is 14.2. The van der Waals surface area contributed by atoms with Crippen LogP contribution in [0.15, 0.2) is 24.3 Å². The average molecular weight is 397 g/mol. The molecule has 6 heteroatoms. The number of halogens is 1. The summed E-state index contributed by atoms with van der Waals surface area (Å²) in [5.74, 6) is 3.04. The van der Waals surface area contributed by atoms with Crippen LogP contribution in [-0.2, 0) is 6.42 Å². The SMILES string of the molecule is COc1ccc2c(c1OCCCF)[C@@H](C)N1CCc3cc4c(cc3C1=C2)OCO4. The molecule has 0 amide bonds. The van der Waals surface area contributed by atoms with E-state index in [9.17, 15) is 4.39 Å². The molecular formula is C23H24FNO4. The Morgan fingerprint density at radius 2 is 2.03 bits per heavy atom. The molecular weight excluding hydrogens is 373 g/mol. The van der Waals surface area contributed by atoms with Crippen molar-refractivity contribution in [2.45, 2.75) is 25.8 Å². The fourth-order valence-electron chi connectivity index (χ4n) is 4.50. The molecule has 0 saturated carbocycles. The van der Waals surface area contributed by atoms with Crippen LogP contribution >= 0.6 is 0 Å². The molecule has 0 radical (unpaired) electrons. The third-order valence-electron chi connectivity index (χ3n) is 5.92. The van der Waals surface area contributed by atoms with E-state index in [0.717, 1.165) is 41.3 Å². The Bertz CT molecular complexity index is 987. The maximum Gasteiger partial charge on any atom is 0.231 e. The predicted octanol–water partition coefficient (Wildman–Crippen LogP) is 4.59. The van der Waals surface area contributed by atoms with Crippen LogP contribution in [0.1, 0.15) is 41.6 Å². The van der Waals surface area contributed by atoms with E-state index in [1.165, 1.54) is 16.8 Å². The van der Waals surface area contributed by atoms with Crippen molar-refractivity contribution in [1.29, 1.82) is 0 Å². The Balaban J connectivity index is 1.61. The first-order valence-electron chi connectivity index (χ1n) is 10.0. The highest BCUT2D eigenvalue weighted by atomic mass is 19.1. The molecule has 29 heavy (non-hydrogen) atoms. The van der Waals surface area contributed by atoms with Crippen molar-refractivity contribution in [3.63, 3.8) is 0 Å². The Labute approximate surface area is 169 Å². The molecule has 3 aliphatic rings. The highest BCUT2D eigenvalue weighted by Gasteiger charge is 2.34. The van der Waals surface area contributed by atoms with Crippen molar-refractivity contribution < 1.29 is 23.3 Å². The monoisotopic (exact) mass is 397 g/mol. The van der Waals surface area contributed by atoms with Gasteiger partial charge in [-0.25, -0.2) is 0 Å². The molecule has 0 fully saturated rings. The summed E-state index contributed by atoms with van der Waals surface area (Å²) in [6.45, 7) is 3.31. The minimum absolute atomic E-state index is 0.110. The van der Waals surface area contributed by atoms with Gasteiger partial charge in [-0.2, -0.15) is 0 Å². The van der Waals surface area contributed by atoms with Crippen molar-refractivity contribution in [3.8, 4) is 23.0 Å². The van der Waals surface area contributed by atoms with Crippen LogP contribution in [-0.4, -0.2) is 38.6 Å². The average Bonchev–Trinajstić information content (AvgIpc) is 3.20. The molecule has 5 nitrogen and oxygen atoms in total. The van der Waals surface area contributed by atoms with Crippen molar-refractivity contribution in [2.75, 3.05) is 33.7 Å². The second-order valence-electron chi connectivity index (χ2n) is 7.50. The predicted molar refractivity (Wildman–Crippen MR) is 108 cm³/mol. The largest absolute Gasteiger partial charge is 0.493 e. The van der Waals surface area contributed by atoms with Gasteiger partial charge in [0.05, 0.1) is 26.4 Å². The van der Waals surface area contributed by atoms with E-state index in [1.54, 1.807) is 7.11 Å². The van der Waals surface area contributed by atoms with E-state index in [0.29, 0.717) is 18.8 Å². The summed E-state index contributed by atoms with van der Waals surface area (Å²) in [6, 6.07) is 8.30. The van der Waals surface area contributed by atoms with E-state index in [4.69, 9.17) is 18.9 Å². The Morgan fingerprint density at radius 3 is 2.83 bits per heavy atom. The lowest BCUT2D eigenvalue weighted by Gasteiger charge is -2.42. The molecule has 1 atom stereocenters. The fourth-order valence-corrected chi connectivity index (χ4v) is 4.50. The van der Waals surface area contributed by atoms with Gasteiger partial charge in [0, 0.05) is 29.8 Å². The number of benzene rings is 2. The van der Waals surface area contributed by atoms with Gasteiger partial charge in [-0.15, -0.1) is 0 Å². The third kappa shape index (κ3) is 2.89. The summed E-state index contributed by atoms with van der Waals surface area (Å²) in [5, 5.41) is 0. The van der Waals surface area contributed by atoms with Gasteiger partial charge in [0.15, 0.2) is 23.0 Å². The van der Waals surface area contributed by atoms with Gasteiger partial charge < -0.3 is 23.8 Å². The quantitative estimate of drug-likeness (QED) is 0.690. The third-order valence-corrected chi connectivity index (χ3v) is 5.92. The van der Waals surface area contributed by atoms with Crippen LogP contribution in [0.25, 0.3) is 11.8 Å². The molecule has 152 valence electrons. The summed E-state index contributed by atoms with van der Waals surface area (Å²) < 4.78 is 35.3. The highest BCUT2D eigenvalue weighted by molar-refractivity contribution is 5.88. The number of methoxy groups -OCH3 is 1. The molecule has 2 aromatic rings. The molecule has 5 rings (SSSR count). The van der Waals surface area contributed by atoms with Crippen molar-refractivity contribution in [3.05, 3.63) is 46.5 Å². The van der Waals surface area contributed by atoms with Crippen LogP contribution in [0.2, 0.25) is 0 Å². The number of nitrogens with zero attached hydrogens (tertiary/aromatic N) is 1. The molecule has 0 unspecified atom stereocenters. The molecule has 3 aliphatic heterocycles. The number of hydrogen-bond donors (Lipinski definition) is 0.